The van der Waals surface area contributed by atoms with Gasteiger partial charge in [-0.05, 0) is 22.8 Å². The topological polar surface area (TPSA) is 88.2 Å². The molecule has 3 aromatic rings. The Bertz CT molecular complexity index is 1240. The van der Waals surface area contributed by atoms with Gasteiger partial charge in [0.15, 0.2) is 5.17 Å². The number of nitro benzene ring substituents is 1. The van der Waals surface area contributed by atoms with E-state index in [1.165, 1.54) is 30.1 Å². The highest BCUT2D eigenvalue weighted by Gasteiger charge is 2.37. The maximum Gasteiger partial charge on any atom is 0.270 e. The van der Waals surface area contributed by atoms with Gasteiger partial charge < -0.3 is 0 Å². The Morgan fingerprint density at radius 2 is 1.91 bits per heavy atom. The molecule has 0 bridgehead atoms. The van der Waals surface area contributed by atoms with Gasteiger partial charge in [-0.3, -0.25) is 19.8 Å². The zero-order valence-corrected chi connectivity index (χ0v) is 19.1. The highest BCUT2D eigenvalue weighted by molar-refractivity contribution is 8.15. The lowest BCUT2D eigenvalue weighted by Crippen LogP contribution is -2.31. The van der Waals surface area contributed by atoms with Crippen LogP contribution in [0.15, 0.2) is 76.9 Å². The van der Waals surface area contributed by atoms with Crippen molar-refractivity contribution < 1.29 is 9.72 Å². The molecular weight excluding hydrogens is 436 g/mol. The number of thioether (sulfide) groups is 1. The number of benzene rings is 3. The quantitative estimate of drug-likeness (QED) is 0.242. The summed E-state index contributed by atoms with van der Waals surface area (Å²) in [7, 11) is 0. The maximum absolute atomic E-state index is 13.2. The summed E-state index contributed by atoms with van der Waals surface area (Å²) in [5.41, 5.74) is 1.62. The fraction of sp³-hybridized carbons (Fsp3) is 0.240. The molecule has 1 unspecified atom stereocenters. The molecule has 1 saturated heterocycles. The van der Waals surface area contributed by atoms with Gasteiger partial charge in [-0.25, -0.2) is 0 Å². The minimum atomic E-state index is -0.445. The molecule has 33 heavy (non-hydrogen) atoms. The number of nitrogens with zero attached hydrogens (tertiary/aromatic N) is 4. The second-order valence-electron chi connectivity index (χ2n) is 7.79. The van der Waals surface area contributed by atoms with Crippen molar-refractivity contribution in [1.29, 1.82) is 0 Å². The Morgan fingerprint density at radius 1 is 1.12 bits per heavy atom. The Kier molecular flexibility index (Phi) is 7.14. The third-order valence-electron chi connectivity index (χ3n) is 5.48. The molecule has 7 nitrogen and oxygen atoms in total. The van der Waals surface area contributed by atoms with Gasteiger partial charge in [0, 0.05) is 17.7 Å². The second kappa shape index (κ2) is 10.4. The van der Waals surface area contributed by atoms with Crippen molar-refractivity contribution in [3.05, 3.63) is 88.0 Å². The molecule has 4 rings (SSSR count). The van der Waals surface area contributed by atoms with Crippen LogP contribution < -0.4 is 0 Å². The largest absolute Gasteiger partial charge is 0.284 e. The van der Waals surface area contributed by atoms with Gasteiger partial charge in [0.2, 0.25) is 5.91 Å². The second-order valence-corrected chi connectivity index (χ2v) is 8.96. The summed E-state index contributed by atoms with van der Waals surface area (Å²) in [6, 6.07) is 20.4. The molecule has 1 fully saturated rings. The van der Waals surface area contributed by atoms with E-state index in [1.54, 1.807) is 17.0 Å². The number of carbonyl (C=O) groups excluding carboxylic acids is 1. The maximum atomic E-state index is 13.2. The highest BCUT2D eigenvalue weighted by Crippen LogP contribution is 2.33. The van der Waals surface area contributed by atoms with E-state index in [-0.39, 0.29) is 16.8 Å². The third-order valence-corrected chi connectivity index (χ3v) is 6.71. The SMILES string of the molecule is CCCCC1SC(=NN=Cc2cccc([N+](=O)[O-])c2)N(Cc2cccc3ccccc23)C1=O. The number of rotatable bonds is 8. The molecule has 0 aliphatic carbocycles. The standard InChI is InChI=1S/C25H24N4O3S/c1-2-3-14-23-24(30)28(17-20-11-7-10-19-9-4-5-13-22(19)20)25(33-23)27-26-16-18-8-6-12-21(15-18)29(31)32/h4-13,15-16,23H,2-3,14,17H2,1H3. The fourth-order valence-corrected chi connectivity index (χ4v) is 4.91. The molecular formula is C25H24N4O3S. The molecule has 1 atom stereocenters. The predicted octanol–water partition coefficient (Wildman–Crippen LogP) is 5.77. The summed E-state index contributed by atoms with van der Waals surface area (Å²) in [5, 5.41) is 22.1. The normalized spacial score (nSPS) is 17.5. The molecule has 0 radical (unpaired) electrons. The highest BCUT2D eigenvalue weighted by atomic mass is 32.2. The number of carbonyl (C=O) groups is 1. The lowest BCUT2D eigenvalue weighted by molar-refractivity contribution is -0.384. The smallest absolute Gasteiger partial charge is 0.270 e. The van der Waals surface area contributed by atoms with Gasteiger partial charge in [-0.1, -0.05) is 86.1 Å². The van der Waals surface area contributed by atoms with Crippen LogP contribution in [0.3, 0.4) is 0 Å². The van der Waals surface area contributed by atoms with Crippen LogP contribution in [0, 0.1) is 10.1 Å². The van der Waals surface area contributed by atoms with E-state index in [2.05, 4.69) is 35.3 Å². The molecule has 1 aliphatic rings. The lowest BCUT2D eigenvalue weighted by atomic mass is 10.0. The van der Waals surface area contributed by atoms with Crippen molar-refractivity contribution in [3.8, 4) is 0 Å². The fourth-order valence-electron chi connectivity index (χ4n) is 3.77. The number of hydrogen-bond donors (Lipinski definition) is 0. The summed E-state index contributed by atoms with van der Waals surface area (Å²) in [6.45, 7) is 2.53. The first-order valence-electron chi connectivity index (χ1n) is 10.9. The molecule has 3 aromatic carbocycles. The number of amidine groups is 1. The van der Waals surface area contributed by atoms with E-state index >= 15 is 0 Å². The predicted molar refractivity (Wildman–Crippen MR) is 134 cm³/mol. The molecule has 8 heteroatoms. The minimum absolute atomic E-state index is 0.00534. The first-order valence-corrected chi connectivity index (χ1v) is 11.7. The monoisotopic (exact) mass is 460 g/mol. The van der Waals surface area contributed by atoms with E-state index in [9.17, 15) is 14.9 Å². The zero-order valence-electron chi connectivity index (χ0n) is 18.3. The van der Waals surface area contributed by atoms with Crippen molar-refractivity contribution in [2.75, 3.05) is 0 Å². The van der Waals surface area contributed by atoms with E-state index < -0.39 is 4.92 Å². The molecule has 0 spiro atoms. The van der Waals surface area contributed by atoms with Crippen molar-refractivity contribution in [2.24, 2.45) is 10.2 Å². The van der Waals surface area contributed by atoms with Gasteiger partial charge in [0.05, 0.1) is 22.9 Å². The first-order chi connectivity index (χ1) is 16.1. The van der Waals surface area contributed by atoms with Crippen LogP contribution in [0.4, 0.5) is 5.69 Å². The lowest BCUT2D eigenvalue weighted by Gasteiger charge is -2.17. The molecule has 0 aromatic heterocycles. The van der Waals surface area contributed by atoms with Gasteiger partial charge in [-0.15, -0.1) is 5.10 Å². The Hall–Kier alpha value is -3.52. The summed E-state index contributed by atoms with van der Waals surface area (Å²) in [6.07, 6.45) is 4.25. The number of unbranched alkanes of at least 4 members (excludes halogenated alkanes) is 1. The van der Waals surface area contributed by atoms with Crippen molar-refractivity contribution >= 4 is 45.5 Å². The molecule has 1 amide bonds. The van der Waals surface area contributed by atoms with Gasteiger partial charge in [-0.2, -0.15) is 5.10 Å². The van der Waals surface area contributed by atoms with Crippen LogP contribution in [0.5, 0.6) is 0 Å². The van der Waals surface area contributed by atoms with Crippen molar-refractivity contribution in [3.63, 3.8) is 0 Å². The van der Waals surface area contributed by atoms with Crippen LogP contribution in [0.2, 0.25) is 0 Å². The first kappa shape index (κ1) is 22.7. The van der Waals surface area contributed by atoms with Gasteiger partial charge >= 0.3 is 0 Å². The summed E-state index contributed by atoms with van der Waals surface area (Å²) in [5.74, 6) is 0.0469. The molecule has 1 aliphatic heterocycles. The number of hydrogen-bond acceptors (Lipinski definition) is 6. The van der Waals surface area contributed by atoms with Gasteiger partial charge in [0.25, 0.3) is 5.69 Å². The minimum Gasteiger partial charge on any atom is -0.284 e. The van der Waals surface area contributed by atoms with Crippen molar-refractivity contribution in [1.82, 2.24) is 4.90 Å². The van der Waals surface area contributed by atoms with Crippen LogP contribution in [0.25, 0.3) is 10.8 Å². The Balaban J connectivity index is 1.61. The average molecular weight is 461 g/mol. The summed E-state index contributed by atoms with van der Waals surface area (Å²) in [4.78, 5) is 25.5. The summed E-state index contributed by atoms with van der Waals surface area (Å²) >= 11 is 1.44. The molecule has 168 valence electrons. The molecule has 0 N–H and O–H groups in total. The third kappa shape index (κ3) is 5.28. The van der Waals surface area contributed by atoms with E-state index in [4.69, 9.17) is 0 Å². The van der Waals surface area contributed by atoms with Gasteiger partial charge in [0.1, 0.15) is 0 Å². The number of fused-ring (bicyclic) bond motifs is 1. The van der Waals surface area contributed by atoms with E-state index in [0.717, 1.165) is 35.6 Å². The molecule has 0 saturated carbocycles. The Labute approximate surface area is 196 Å². The van der Waals surface area contributed by atoms with Crippen LogP contribution in [-0.2, 0) is 11.3 Å². The number of non-ortho nitro benzene ring substituents is 1. The van der Waals surface area contributed by atoms with E-state index in [1.807, 2.05) is 24.3 Å². The van der Waals surface area contributed by atoms with Crippen LogP contribution >= 0.6 is 11.8 Å². The average Bonchev–Trinajstić information content (AvgIpc) is 3.12. The van der Waals surface area contributed by atoms with Crippen LogP contribution in [0.1, 0.15) is 37.3 Å². The summed E-state index contributed by atoms with van der Waals surface area (Å²) < 4.78 is 0. The van der Waals surface area contributed by atoms with Crippen molar-refractivity contribution in [2.45, 2.75) is 38.0 Å². The molecule has 1 heterocycles. The van der Waals surface area contributed by atoms with E-state index in [0.29, 0.717) is 17.3 Å². The Morgan fingerprint density at radius 3 is 2.73 bits per heavy atom. The van der Waals surface area contributed by atoms with Crippen LogP contribution in [-0.4, -0.2) is 32.4 Å². The zero-order chi connectivity index (χ0) is 23.2. The number of nitro groups is 1. The number of amides is 1.